The van der Waals surface area contributed by atoms with Gasteiger partial charge in [-0.2, -0.15) is 3.17 Å². The fraction of sp³-hybridized carbons (Fsp3) is 0. The Labute approximate surface area is 86.2 Å². The topological polar surface area (TPSA) is 21.6 Å². The van der Waals surface area contributed by atoms with Crippen LogP contribution >= 0.6 is 23.0 Å². The number of hydrogen-bond donors (Lipinski definition) is 0. The monoisotopic (exact) mass is 349 g/mol. The normalized spacial score (nSPS) is 7.67. The minimum absolute atomic E-state index is 0.499. The van der Waals surface area contributed by atoms with Crippen molar-refractivity contribution in [2.45, 2.75) is 0 Å². The van der Waals surface area contributed by atoms with Gasteiger partial charge in [0.15, 0.2) is 0 Å². The van der Waals surface area contributed by atoms with Crippen LogP contribution in [0.2, 0.25) is 0 Å². The first-order chi connectivity index (χ1) is 4.31. The summed E-state index contributed by atoms with van der Waals surface area (Å²) in [6.07, 6.45) is 0. The first kappa shape index (κ1) is 10.8. The third-order valence-corrected chi connectivity index (χ3v) is 8.69. The van der Waals surface area contributed by atoms with Crippen LogP contribution in [0, 0.1) is 0 Å². The number of nitrogens with zero attached hydrogens (tertiary/aromatic N) is 1. The van der Waals surface area contributed by atoms with Crippen molar-refractivity contribution >= 4 is 79.8 Å². The molecule has 0 aliphatic rings. The second-order valence-corrected chi connectivity index (χ2v) is 9.38. The molecule has 2 nitrogen and oxygen atoms in total. The van der Waals surface area contributed by atoms with Gasteiger partial charge in [0, 0.05) is 49.0 Å². The average molecular weight is 349 g/mol. The van der Waals surface area contributed by atoms with E-state index in [1.165, 1.54) is 26.6 Å². The molecule has 9 heavy (non-hydrogen) atoms. The Morgan fingerprint density at radius 1 is 1.67 bits per heavy atom. The summed E-state index contributed by atoms with van der Waals surface area (Å²) in [5.41, 5.74) is 0. The molecule has 0 heterocycles. The van der Waals surface area contributed by atoms with Gasteiger partial charge in [0.1, 0.15) is 23.0 Å². The van der Waals surface area contributed by atoms with Crippen molar-refractivity contribution in [3.05, 3.63) is 0 Å². The zero-order valence-electron chi connectivity index (χ0n) is 3.68. The van der Waals surface area contributed by atoms with Crippen LogP contribution in [0.4, 0.5) is 0 Å². The molecule has 54 valence electrons. The summed E-state index contributed by atoms with van der Waals surface area (Å²) >= 11 is 11.1. The number of rotatable bonds is 1. The lowest BCUT2D eigenvalue weighted by atomic mass is 13.6. The lowest BCUT2D eigenvalue weighted by Crippen LogP contribution is -1.51. The van der Waals surface area contributed by atoms with Crippen LogP contribution in [0.25, 0.3) is 0 Å². The predicted molar refractivity (Wildman–Crippen MR) is 61.7 cm³/mol. The van der Waals surface area contributed by atoms with Crippen molar-refractivity contribution in [1.29, 1.82) is 0 Å². The SMILES string of the molecule is S=S=S=S=S(=S)=NOI. The summed E-state index contributed by atoms with van der Waals surface area (Å²) in [6.45, 7) is 0. The van der Waals surface area contributed by atoms with E-state index in [2.05, 4.69) is 18.9 Å². The molecule has 0 aliphatic heterocycles. The maximum atomic E-state index is 4.82. The third kappa shape index (κ3) is 7.71. The van der Waals surface area contributed by atoms with E-state index >= 15 is 0 Å². The molecule has 0 aliphatic carbocycles. The van der Waals surface area contributed by atoms with Crippen LogP contribution in [0.3, 0.4) is 0 Å². The highest BCUT2D eigenvalue weighted by Crippen LogP contribution is 1.82. The molecule has 0 aromatic carbocycles. The highest BCUT2D eigenvalue weighted by Gasteiger charge is 1.58. The molecule has 0 aromatic heterocycles. The molecule has 0 amide bonds. The van der Waals surface area contributed by atoms with E-state index in [9.17, 15) is 0 Å². The fourth-order valence-electron chi connectivity index (χ4n) is 0.0705. The first-order valence-corrected chi connectivity index (χ1v) is 9.27. The lowest BCUT2D eigenvalue weighted by molar-refractivity contribution is 0.478. The molecule has 0 rings (SSSR count). The number of halogens is 1. The van der Waals surface area contributed by atoms with Crippen molar-refractivity contribution in [2.24, 2.45) is 4.53 Å². The summed E-state index contributed by atoms with van der Waals surface area (Å²) in [5, 5.41) is 0. The molecule has 9 heteroatoms. The quantitative estimate of drug-likeness (QED) is 0.521. The van der Waals surface area contributed by atoms with E-state index < -0.39 is 7.81 Å². The summed E-state index contributed by atoms with van der Waals surface area (Å²) in [7, 11) is 3.60. The van der Waals surface area contributed by atoms with E-state index in [0.717, 1.165) is 0 Å². The molecule has 0 atom stereocenters. The van der Waals surface area contributed by atoms with Gasteiger partial charge in [-0.3, -0.25) is 0 Å². The number of hydrogen-bond acceptors (Lipinski definition) is 4. The summed E-state index contributed by atoms with van der Waals surface area (Å²) < 4.78 is 8.00. The van der Waals surface area contributed by atoms with Gasteiger partial charge in [0.25, 0.3) is 0 Å². The van der Waals surface area contributed by atoms with Gasteiger partial charge >= 0.3 is 0 Å². The Hall–Kier alpha value is 1.81. The zero-order valence-corrected chi connectivity index (χ0v) is 10.7. The first-order valence-electron chi connectivity index (χ1n) is 1.35. The Morgan fingerprint density at radius 2 is 2.33 bits per heavy atom. The minimum Gasteiger partial charge on any atom is -0.171 e. The van der Waals surface area contributed by atoms with Gasteiger partial charge in [-0.15, -0.1) is 0 Å². The zero-order chi connectivity index (χ0) is 7.11. The maximum absolute atomic E-state index is 4.82. The molecular weight excluding hydrogens is 349 g/mol. The van der Waals surface area contributed by atoms with Crippen LogP contribution in [0.5, 0.6) is 0 Å². The van der Waals surface area contributed by atoms with E-state index in [1.54, 1.807) is 23.0 Å². The van der Waals surface area contributed by atoms with Crippen LogP contribution in [-0.4, -0.2) is 0 Å². The fourth-order valence-corrected chi connectivity index (χ4v) is 8.24. The second kappa shape index (κ2) is 7.91. The Balaban J connectivity index is 5.02. The van der Waals surface area contributed by atoms with Crippen LogP contribution < -0.4 is 0 Å². The van der Waals surface area contributed by atoms with Crippen molar-refractivity contribution in [1.82, 2.24) is 0 Å². The highest BCUT2D eigenvalue weighted by atomic mass is 127. The third-order valence-electron chi connectivity index (χ3n) is 0.203. The molecule has 0 saturated carbocycles. The van der Waals surface area contributed by atoms with Gasteiger partial charge in [-0.1, -0.05) is 4.53 Å². The van der Waals surface area contributed by atoms with Gasteiger partial charge in [-0.25, -0.2) is 0 Å². The van der Waals surface area contributed by atoms with E-state index in [0.29, 0.717) is 0 Å². The largest absolute Gasteiger partial charge is 0.171 e. The maximum Gasteiger partial charge on any atom is 0.149 e. The van der Waals surface area contributed by atoms with E-state index in [-0.39, 0.29) is 0 Å². The van der Waals surface area contributed by atoms with E-state index in [1.807, 2.05) is 0 Å². The van der Waals surface area contributed by atoms with Crippen molar-refractivity contribution in [2.75, 3.05) is 0 Å². The van der Waals surface area contributed by atoms with Crippen molar-refractivity contribution in [3.63, 3.8) is 0 Å². The smallest absolute Gasteiger partial charge is 0.149 e. The summed E-state index contributed by atoms with van der Waals surface area (Å²) in [5.74, 6) is 0. The van der Waals surface area contributed by atoms with Crippen LogP contribution in [-0.2, 0) is 60.0 Å². The molecule has 0 bridgehead atoms. The molecular formula is INOS6. The minimum atomic E-state index is -0.499. The average Bonchev–Trinajstić information content (AvgIpc) is 1.85. The second-order valence-electron chi connectivity index (χ2n) is 0.565. The van der Waals surface area contributed by atoms with Crippen molar-refractivity contribution < 1.29 is 3.17 Å². The summed E-state index contributed by atoms with van der Waals surface area (Å²) in [4.78, 5) is 0. The Bertz CT molecular complexity index is 296. The van der Waals surface area contributed by atoms with Gasteiger partial charge in [-0.05, 0) is 0 Å². The molecule has 0 unspecified atom stereocenters. The highest BCUT2D eigenvalue weighted by molar-refractivity contribution is 14.1. The predicted octanol–water partition coefficient (Wildman–Crippen LogP) is 0.987. The van der Waals surface area contributed by atoms with Gasteiger partial charge in [0.05, 0.1) is 7.81 Å². The molecule has 0 spiro atoms. The standard InChI is InChI=1S/INOS6/c1-3-2-9(5)8-7-6-4. The van der Waals surface area contributed by atoms with Crippen LogP contribution in [0.1, 0.15) is 0 Å². The molecule has 0 fully saturated rings. The van der Waals surface area contributed by atoms with Gasteiger partial charge in [0.2, 0.25) is 0 Å². The van der Waals surface area contributed by atoms with Crippen LogP contribution in [0.15, 0.2) is 4.53 Å². The molecule has 0 aromatic rings. The summed E-state index contributed by atoms with van der Waals surface area (Å²) in [6, 6.07) is 0. The lowest BCUT2D eigenvalue weighted by Gasteiger charge is -1.64. The van der Waals surface area contributed by atoms with Crippen molar-refractivity contribution in [3.8, 4) is 0 Å². The molecule has 0 radical (unpaired) electrons. The molecule has 0 saturated heterocycles. The Kier molecular flexibility index (Phi) is 9.50. The Morgan fingerprint density at radius 3 is 2.78 bits per heavy atom. The molecule has 0 N–H and O–H groups in total. The van der Waals surface area contributed by atoms with Gasteiger partial charge < -0.3 is 0 Å². The van der Waals surface area contributed by atoms with E-state index in [4.69, 9.17) is 11.2 Å².